The molecular formula is C12H8ClN5O2. The predicted octanol–water partition coefficient (Wildman–Crippen LogP) is 2.44. The number of nitro benzene ring substituents is 1. The average molecular weight is 290 g/mol. The molecular weight excluding hydrogens is 282 g/mol. The number of nitro groups is 1. The Bertz CT molecular complexity index is 784. The van der Waals surface area contributed by atoms with E-state index in [1.807, 2.05) is 0 Å². The van der Waals surface area contributed by atoms with Gasteiger partial charge >= 0.3 is 0 Å². The van der Waals surface area contributed by atoms with E-state index < -0.39 is 4.92 Å². The third kappa shape index (κ3) is 2.30. The lowest BCUT2D eigenvalue weighted by Crippen LogP contribution is -2.04. The van der Waals surface area contributed by atoms with Gasteiger partial charge in [0.25, 0.3) is 5.69 Å². The van der Waals surface area contributed by atoms with Gasteiger partial charge in [-0.2, -0.15) is 5.10 Å². The summed E-state index contributed by atoms with van der Waals surface area (Å²) in [5.41, 5.74) is 1.38. The lowest BCUT2D eigenvalue weighted by Gasteiger charge is -2.03. The molecule has 3 rings (SSSR count). The van der Waals surface area contributed by atoms with Crippen LogP contribution in [-0.4, -0.2) is 24.7 Å². The van der Waals surface area contributed by atoms with Crippen LogP contribution in [0, 0.1) is 10.1 Å². The zero-order valence-corrected chi connectivity index (χ0v) is 10.9. The molecule has 20 heavy (non-hydrogen) atoms. The van der Waals surface area contributed by atoms with Crippen molar-refractivity contribution in [3.63, 3.8) is 0 Å². The van der Waals surface area contributed by atoms with Crippen LogP contribution in [0.15, 0.2) is 36.8 Å². The highest BCUT2D eigenvalue weighted by molar-refractivity contribution is 6.29. The van der Waals surface area contributed by atoms with Crippen LogP contribution in [0.1, 0.15) is 5.69 Å². The number of aromatic nitrogens is 4. The van der Waals surface area contributed by atoms with Crippen LogP contribution in [0.25, 0.3) is 10.9 Å². The van der Waals surface area contributed by atoms with Crippen LogP contribution < -0.4 is 0 Å². The maximum atomic E-state index is 10.8. The van der Waals surface area contributed by atoms with Gasteiger partial charge in [0.15, 0.2) is 0 Å². The molecule has 0 spiro atoms. The van der Waals surface area contributed by atoms with Crippen molar-refractivity contribution in [2.75, 3.05) is 0 Å². The standard InChI is InChI=1S/C12H8ClN5O2/c13-12-6-14-9(5-15-12)7-17-11-3-10(18(19)20)2-1-8(11)4-16-17/h1-6H,7H2. The van der Waals surface area contributed by atoms with Crippen molar-refractivity contribution >= 4 is 28.2 Å². The average Bonchev–Trinajstić information content (AvgIpc) is 2.84. The van der Waals surface area contributed by atoms with Crippen molar-refractivity contribution in [2.24, 2.45) is 0 Å². The van der Waals surface area contributed by atoms with E-state index in [4.69, 9.17) is 11.6 Å². The molecule has 0 amide bonds. The first-order valence-corrected chi connectivity index (χ1v) is 6.07. The fourth-order valence-electron chi connectivity index (χ4n) is 1.87. The fourth-order valence-corrected chi connectivity index (χ4v) is 1.97. The molecule has 0 fully saturated rings. The summed E-state index contributed by atoms with van der Waals surface area (Å²) in [7, 11) is 0. The largest absolute Gasteiger partial charge is 0.271 e. The molecule has 8 heteroatoms. The molecule has 0 saturated carbocycles. The second-order valence-corrected chi connectivity index (χ2v) is 4.52. The molecule has 7 nitrogen and oxygen atoms in total. The van der Waals surface area contributed by atoms with E-state index in [1.165, 1.54) is 18.3 Å². The molecule has 0 aliphatic carbocycles. The van der Waals surface area contributed by atoms with Crippen LogP contribution in [0.5, 0.6) is 0 Å². The van der Waals surface area contributed by atoms with Gasteiger partial charge in [-0.1, -0.05) is 11.6 Å². The first-order valence-electron chi connectivity index (χ1n) is 5.70. The van der Waals surface area contributed by atoms with Gasteiger partial charge in [0.2, 0.25) is 0 Å². The minimum Gasteiger partial charge on any atom is -0.259 e. The number of halogens is 1. The summed E-state index contributed by atoms with van der Waals surface area (Å²) in [4.78, 5) is 18.4. The first kappa shape index (κ1) is 12.5. The van der Waals surface area contributed by atoms with Crippen LogP contribution in [-0.2, 0) is 6.54 Å². The lowest BCUT2D eigenvalue weighted by molar-refractivity contribution is -0.384. The molecule has 0 atom stereocenters. The molecule has 2 heterocycles. The molecule has 3 aromatic rings. The van der Waals surface area contributed by atoms with E-state index >= 15 is 0 Å². The lowest BCUT2D eigenvalue weighted by atomic mass is 10.2. The molecule has 2 aromatic heterocycles. The molecule has 0 aliphatic rings. The van der Waals surface area contributed by atoms with Crippen molar-refractivity contribution in [3.8, 4) is 0 Å². The fraction of sp³-hybridized carbons (Fsp3) is 0.0833. The minimum absolute atomic E-state index is 0.0291. The SMILES string of the molecule is O=[N+]([O-])c1ccc2cnn(Cc3cnc(Cl)cn3)c2c1. The highest BCUT2D eigenvalue weighted by Gasteiger charge is 2.10. The first-order chi connectivity index (χ1) is 9.63. The van der Waals surface area contributed by atoms with Crippen LogP contribution in [0.4, 0.5) is 5.69 Å². The highest BCUT2D eigenvalue weighted by Crippen LogP contribution is 2.21. The summed E-state index contributed by atoms with van der Waals surface area (Å²) in [6.07, 6.45) is 4.65. The Hall–Kier alpha value is -2.54. The van der Waals surface area contributed by atoms with E-state index in [0.717, 1.165) is 5.39 Å². The number of rotatable bonds is 3. The number of fused-ring (bicyclic) bond motifs is 1. The normalized spacial score (nSPS) is 10.8. The minimum atomic E-state index is -0.432. The quantitative estimate of drug-likeness (QED) is 0.546. The Labute approximate surface area is 118 Å². The summed E-state index contributed by atoms with van der Waals surface area (Å²) in [6.45, 7) is 0.370. The van der Waals surface area contributed by atoms with Crippen molar-refractivity contribution in [3.05, 3.63) is 57.8 Å². The Morgan fingerprint density at radius 1 is 1.25 bits per heavy atom. The highest BCUT2D eigenvalue weighted by atomic mass is 35.5. The van der Waals surface area contributed by atoms with Gasteiger partial charge in [0.1, 0.15) is 5.15 Å². The number of hydrogen-bond acceptors (Lipinski definition) is 5. The van der Waals surface area contributed by atoms with E-state index in [0.29, 0.717) is 22.9 Å². The monoisotopic (exact) mass is 289 g/mol. The van der Waals surface area contributed by atoms with Crippen molar-refractivity contribution in [1.82, 2.24) is 19.7 Å². The second kappa shape index (κ2) is 4.86. The van der Waals surface area contributed by atoms with Gasteiger partial charge in [-0.15, -0.1) is 0 Å². The zero-order chi connectivity index (χ0) is 14.1. The summed E-state index contributed by atoms with van der Waals surface area (Å²) in [5, 5.41) is 16.2. The number of nitrogens with zero attached hydrogens (tertiary/aromatic N) is 5. The third-order valence-electron chi connectivity index (χ3n) is 2.82. The zero-order valence-electron chi connectivity index (χ0n) is 10.1. The molecule has 0 unspecified atom stereocenters. The Kier molecular flexibility index (Phi) is 3.03. The molecule has 0 saturated heterocycles. The Morgan fingerprint density at radius 2 is 2.10 bits per heavy atom. The van der Waals surface area contributed by atoms with Gasteiger partial charge in [0.05, 0.1) is 41.3 Å². The molecule has 1 aromatic carbocycles. The molecule has 0 N–H and O–H groups in total. The van der Waals surface area contributed by atoms with E-state index in [9.17, 15) is 10.1 Å². The molecule has 0 radical (unpaired) electrons. The molecule has 100 valence electrons. The third-order valence-corrected chi connectivity index (χ3v) is 3.02. The summed E-state index contributed by atoms with van der Waals surface area (Å²) >= 11 is 5.67. The van der Waals surface area contributed by atoms with Crippen LogP contribution >= 0.6 is 11.6 Å². The topological polar surface area (TPSA) is 86.7 Å². The van der Waals surface area contributed by atoms with Gasteiger partial charge in [-0.25, -0.2) is 4.98 Å². The predicted molar refractivity (Wildman–Crippen MR) is 72.5 cm³/mol. The molecule has 0 bridgehead atoms. The van der Waals surface area contributed by atoms with Gasteiger partial charge in [0, 0.05) is 17.5 Å². The van der Waals surface area contributed by atoms with Crippen LogP contribution in [0.2, 0.25) is 5.15 Å². The smallest absolute Gasteiger partial charge is 0.259 e. The number of non-ortho nitro benzene ring substituents is 1. The Balaban J connectivity index is 2.00. The van der Waals surface area contributed by atoms with E-state index in [2.05, 4.69) is 15.1 Å². The summed E-state index contributed by atoms with van der Waals surface area (Å²) < 4.78 is 1.64. The second-order valence-electron chi connectivity index (χ2n) is 4.13. The van der Waals surface area contributed by atoms with Gasteiger partial charge in [-0.3, -0.25) is 19.8 Å². The van der Waals surface area contributed by atoms with Crippen LogP contribution in [0.3, 0.4) is 0 Å². The summed E-state index contributed by atoms with van der Waals surface area (Å²) in [5.74, 6) is 0. The van der Waals surface area contributed by atoms with Gasteiger partial charge in [-0.05, 0) is 6.07 Å². The van der Waals surface area contributed by atoms with Crippen molar-refractivity contribution < 1.29 is 4.92 Å². The maximum absolute atomic E-state index is 10.8. The van der Waals surface area contributed by atoms with E-state index in [-0.39, 0.29) is 5.69 Å². The maximum Gasteiger partial charge on any atom is 0.271 e. The Morgan fingerprint density at radius 3 is 2.80 bits per heavy atom. The summed E-state index contributed by atoms with van der Waals surface area (Å²) in [6, 6.07) is 4.62. The number of benzene rings is 1. The number of hydrogen-bond donors (Lipinski definition) is 0. The van der Waals surface area contributed by atoms with Crippen molar-refractivity contribution in [1.29, 1.82) is 0 Å². The van der Waals surface area contributed by atoms with Crippen molar-refractivity contribution in [2.45, 2.75) is 6.54 Å². The molecule has 0 aliphatic heterocycles. The van der Waals surface area contributed by atoms with Gasteiger partial charge < -0.3 is 0 Å². The van der Waals surface area contributed by atoms with E-state index in [1.54, 1.807) is 23.1 Å².